The van der Waals surface area contributed by atoms with E-state index in [0.717, 1.165) is 23.8 Å². The van der Waals surface area contributed by atoms with Crippen LogP contribution in [0.3, 0.4) is 0 Å². The third-order valence-corrected chi connectivity index (χ3v) is 5.17. The lowest BCUT2D eigenvalue weighted by Crippen LogP contribution is -2.34. The molecule has 5 heteroatoms. The molecule has 3 nitrogen and oxygen atoms in total. The first kappa shape index (κ1) is 21.6. The number of nitrogens with zero attached hydrogens (tertiary/aromatic N) is 1. The SMILES string of the molecule is COc1ccc(C#CC(O)(C#Cc2cc(F)cc(F)c2)C2CN2Cc2ccccc2)cc1. The summed E-state index contributed by atoms with van der Waals surface area (Å²) in [5.41, 5.74) is 0.276. The fourth-order valence-electron chi connectivity index (χ4n) is 3.40. The Morgan fingerprint density at radius 1 is 0.938 bits per heavy atom. The predicted octanol–water partition coefficient (Wildman–Crippen LogP) is 3.99. The van der Waals surface area contributed by atoms with E-state index >= 15 is 0 Å². The summed E-state index contributed by atoms with van der Waals surface area (Å²) in [6.45, 7) is 1.25. The van der Waals surface area contributed by atoms with Gasteiger partial charge in [0.15, 0.2) is 0 Å². The average Bonchev–Trinajstić information content (AvgIpc) is 3.57. The maximum atomic E-state index is 13.5. The lowest BCUT2D eigenvalue weighted by molar-refractivity contribution is 0.143. The average molecular weight is 429 g/mol. The third kappa shape index (κ3) is 5.34. The van der Waals surface area contributed by atoms with Crippen molar-refractivity contribution in [3.8, 4) is 29.4 Å². The number of rotatable bonds is 4. The summed E-state index contributed by atoms with van der Waals surface area (Å²) in [6.07, 6.45) is 0. The van der Waals surface area contributed by atoms with Gasteiger partial charge in [-0.1, -0.05) is 42.2 Å². The maximum Gasteiger partial charge on any atom is 0.205 e. The van der Waals surface area contributed by atoms with Gasteiger partial charge in [-0.2, -0.15) is 0 Å². The van der Waals surface area contributed by atoms with Crippen LogP contribution < -0.4 is 4.74 Å². The van der Waals surface area contributed by atoms with Crippen LogP contribution in [0.15, 0.2) is 72.8 Å². The Hall–Kier alpha value is -3.64. The Labute approximate surface area is 186 Å². The second-order valence-electron chi connectivity index (χ2n) is 7.58. The van der Waals surface area contributed by atoms with Crippen molar-refractivity contribution in [1.82, 2.24) is 4.90 Å². The number of methoxy groups -OCH3 is 1. The molecule has 3 aromatic rings. The molecule has 0 bridgehead atoms. The number of benzene rings is 3. The zero-order valence-electron chi connectivity index (χ0n) is 17.5. The minimum atomic E-state index is -1.67. The molecular weight excluding hydrogens is 408 g/mol. The van der Waals surface area contributed by atoms with Gasteiger partial charge in [-0.15, -0.1) is 0 Å². The van der Waals surface area contributed by atoms with Crippen LogP contribution in [-0.2, 0) is 6.54 Å². The summed E-state index contributed by atoms with van der Waals surface area (Å²) < 4.78 is 32.2. The first-order valence-electron chi connectivity index (χ1n) is 10.1. The van der Waals surface area contributed by atoms with E-state index in [1.807, 2.05) is 30.3 Å². The summed E-state index contributed by atoms with van der Waals surface area (Å²) in [7, 11) is 1.58. The molecular formula is C27H21F2NO2. The summed E-state index contributed by atoms with van der Waals surface area (Å²) in [5, 5.41) is 11.4. The van der Waals surface area contributed by atoms with Crippen molar-refractivity contribution >= 4 is 0 Å². The van der Waals surface area contributed by atoms with Crippen molar-refractivity contribution in [2.24, 2.45) is 0 Å². The second kappa shape index (κ2) is 9.24. The zero-order valence-corrected chi connectivity index (χ0v) is 17.5. The predicted molar refractivity (Wildman–Crippen MR) is 119 cm³/mol. The van der Waals surface area contributed by atoms with Crippen LogP contribution in [0, 0.1) is 35.3 Å². The Morgan fingerprint density at radius 2 is 1.56 bits per heavy atom. The van der Waals surface area contributed by atoms with Gasteiger partial charge in [0.05, 0.1) is 13.2 Å². The highest BCUT2D eigenvalue weighted by Crippen LogP contribution is 2.31. The largest absolute Gasteiger partial charge is 0.497 e. The number of aliphatic hydroxyl groups is 1. The number of hydrogen-bond acceptors (Lipinski definition) is 3. The van der Waals surface area contributed by atoms with Crippen LogP contribution in [0.25, 0.3) is 0 Å². The fourth-order valence-corrected chi connectivity index (χ4v) is 3.40. The van der Waals surface area contributed by atoms with E-state index in [0.29, 0.717) is 24.4 Å². The van der Waals surface area contributed by atoms with Gasteiger partial charge in [-0.05, 0) is 53.8 Å². The second-order valence-corrected chi connectivity index (χ2v) is 7.58. The minimum Gasteiger partial charge on any atom is -0.497 e. The van der Waals surface area contributed by atoms with Gasteiger partial charge < -0.3 is 9.84 Å². The van der Waals surface area contributed by atoms with Crippen LogP contribution in [0.2, 0.25) is 0 Å². The van der Waals surface area contributed by atoms with Crippen molar-refractivity contribution in [3.63, 3.8) is 0 Å². The van der Waals surface area contributed by atoms with Crippen molar-refractivity contribution in [1.29, 1.82) is 0 Å². The van der Waals surface area contributed by atoms with Crippen molar-refractivity contribution in [2.75, 3.05) is 13.7 Å². The van der Waals surface area contributed by atoms with Gasteiger partial charge in [0.2, 0.25) is 5.60 Å². The van der Waals surface area contributed by atoms with Crippen molar-refractivity contribution in [2.45, 2.75) is 18.2 Å². The van der Waals surface area contributed by atoms with Crippen LogP contribution in [0.4, 0.5) is 8.78 Å². The molecule has 32 heavy (non-hydrogen) atoms. The Kier molecular flexibility index (Phi) is 6.23. The first-order chi connectivity index (χ1) is 15.4. The highest BCUT2D eigenvalue weighted by Gasteiger charge is 2.49. The Balaban J connectivity index is 1.62. The first-order valence-corrected chi connectivity index (χ1v) is 10.1. The number of halogens is 2. The Bertz CT molecular complexity index is 1200. The monoisotopic (exact) mass is 429 g/mol. The fraction of sp³-hybridized carbons (Fsp3) is 0.185. The van der Waals surface area contributed by atoms with Crippen LogP contribution in [-0.4, -0.2) is 35.3 Å². The van der Waals surface area contributed by atoms with Crippen LogP contribution in [0.5, 0.6) is 5.75 Å². The molecule has 1 aliphatic rings. The molecule has 3 unspecified atom stereocenters. The molecule has 0 amide bonds. The Morgan fingerprint density at radius 3 is 2.19 bits per heavy atom. The van der Waals surface area contributed by atoms with E-state index in [1.54, 1.807) is 31.4 Å². The van der Waals surface area contributed by atoms with E-state index in [4.69, 9.17) is 4.74 Å². The number of ether oxygens (including phenoxy) is 1. The molecule has 1 saturated heterocycles. The van der Waals surface area contributed by atoms with Crippen LogP contribution in [0.1, 0.15) is 16.7 Å². The molecule has 1 fully saturated rings. The van der Waals surface area contributed by atoms with Gasteiger partial charge >= 0.3 is 0 Å². The van der Waals surface area contributed by atoms with E-state index in [1.165, 1.54) is 0 Å². The molecule has 3 aromatic carbocycles. The molecule has 160 valence electrons. The van der Waals surface area contributed by atoms with E-state index in [9.17, 15) is 13.9 Å². The van der Waals surface area contributed by atoms with Gasteiger partial charge in [-0.25, -0.2) is 8.78 Å². The molecule has 1 aliphatic heterocycles. The summed E-state index contributed by atoms with van der Waals surface area (Å²) in [6, 6.07) is 19.7. The topological polar surface area (TPSA) is 32.5 Å². The molecule has 0 radical (unpaired) electrons. The van der Waals surface area contributed by atoms with E-state index < -0.39 is 17.2 Å². The lowest BCUT2D eigenvalue weighted by atomic mass is 9.99. The van der Waals surface area contributed by atoms with Crippen molar-refractivity contribution in [3.05, 3.63) is 101 Å². The minimum absolute atomic E-state index is 0.141. The highest BCUT2D eigenvalue weighted by molar-refractivity contribution is 5.47. The number of hydrogen-bond donors (Lipinski definition) is 1. The normalized spacial score (nSPS) is 18.4. The van der Waals surface area contributed by atoms with Gasteiger partial charge in [0, 0.05) is 30.3 Å². The standard InChI is InChI=1S/C27H21F2NO2/c1-32-25-9-7-20(8-10-25)11-13-27(31,14-12-22-15-23(28)17-24(29)16-22)26-19-30(26)18-21-5-3-2-4-6-21/h2-10,15-17,26,31H,18-19H2,1H3. The maximum absolute atomic E-state index is 13.5. The molecule has 0 aromatic heterocycles. The molecule has 1 heterocycles. The highest BCUT2D eigenvalue weighted by atomic mass is 19.1. The lowest BCUT2D eigenvalue weighted by Gasteiger charge is -2.16. The smallest absolute Gasteiger partial charge is 0.205 e. The molecule has 0 spiro atoms. The summed E-state index contributed by atoms with van der Waals surface area (Å²) >= 11 is 0. The molecule has 3 atom stereocenters. The van der Waals surface area contributed by atoms with Gasteiger partial charge in [0.1, 0.15) is 17.4 Å². The molecule has 1 N–H and O–H groups in total. The van der Waals surface area contributed by atoms with Crippen LogP contribution >= 0.6 is 0 Å². The molecule has 4 rings (SSSR count). The van der Waals surface area contributed by atoms with Gasteiger partial charge in [0.25, 0.3) is 0 Å². The zero-order chi connectivity index (χ0) is 22.6. The quantitative estimate of drug-likeness (QED) is 0.503. The van der Waals surface area contributed by atoms with E-state index in [-0.39, 0.29) is 11.6 Å². The van der Waals surface area contributed by atoms with Crippen molar-refractivity contribution < 1.29 is 18.6 Å². The van der Waals surface area contributed by atoms with E-state index in [2.05, 4.69) is 28.6 Å². The summed E-state index contributed by atoms with van der Waals surface area (Å²) in [5.74, 6) is 10.6. The molecule has 0 aliphatic carbocycles. The molecule has 0 saturated carbocycles. The summed E-state index contributed by atoms with van der Waals surface area (Å²) in [4.78, 5) is 2.05. The third-order valence-electron chi connectivity index (χ3n) is 5.17. The van der Waals surface area contributed by atoms with Gasteiger partial charge in [-0.3, -0.25) is 4.90 Å².